The van der Waals surface area contributed by atoms with E-state index in [1.807, 2.05) is 39.0 Å². The van der Waals surface area contributed by atoms with E-state index in [0.717, 1.165) is 16.7 Å². The van der Waals surface area contributed by atoms with Crippen LogP contribution in [0.5, 0.6) is 0 Å². The third kappa shape index (κ3) is 4.80. The fourth-order valence-electron chi connectivity index (χ4n) is 4.18. The SMILES string of the molecule is Cc1ccc(C(=O)Nc2ccc(C(=O)N3CCCC(O)c4cc(Cl)ccc43)c(C)c2)cc1C. The topological polar surface area (TPSA) is 69.6 Å². The number of anilines is 2. The Morgan fingerprint density at radius 3 is 2.48 bits per heavy atom. The van der Waals surface area contributed by atoms with Crippen LogP contribution in [0.4, 0.5) is 11.4 Å². The summed E-state index contributed by atoms with van der Waals surface area (Å²) in [6.07, 6.45) is 0.600. The van der Waals surface area contributed by atoms with Crippen molar-refractivity contribution in [2.24, 2.45) is 0 Å². The summed E-state index contributed by atoms with van der Waals surface area (Å²) in [5, 5.41) is 13.9. The number of hydrogen-bond acceptors (Lipinski definition) is 3. The number of nitrogens with zero attached hydrogens (tertiary/aromatic N) is 1. The number of fused-ring (bicyclic) bond motifs is 1. The Labute approximate surface area is 199 Å². The maximum absolute atomic E-state index is 13.5. The molecule has 1 aliphatic heterocycles. The molecule has 6 heteroatoms. The molecule has 3 aromatic rings. The fraction of sp³-hybridized carbons (Fsp3) is 0.259. The molecule has 2 amide bonds. The minimum absolute atomic E-state index is 0.141. The molecule has 33 heavy (non-hydrogen) atoms. The van der Waals surface area contributed by atoms with E-state index in [1.165, 1.54) is 0 Å². The van der Waals surface area contributed by atoms with E-state index in [0.29, 0.717) is 52.5 Å². The summed E-state index contributed by atoms with van der Waals surface area (Å²) in [4.78, 5) is 27.8. The molecule has 0 radical (unpaired) electrons. The highest BCUT2D eigenvalue weighted by Crippen LogP contribution is 2.36. The summed E-state index contributed by atoms with van der Waals surface area (Å²) >= 11 is 6.14. The monoisotopic (exact) mass is 462 g/mol. The van der Waals surface area contributed by atoms with Gasteiger partial charge in [0.05, 0.1) is 6.10 Å². The molecule has 0 bridgehead atoms. The Morgan fingerprint density at radius 2 is 1.76 bits per heavy atom. The molecule has 4 rings (SSSR count). The van der Waals surface area contributed by atoms with Gasteiger partial charge in [0, 0.05) is 39.6 Å². The Balaban J connectivity index is 1.58. The predicted molar refractivity (Wildman–Crippen MR) is 132 cm³/mol. The van der Waals surface area contributed by atoms with E-state index in [2.05, 4.69) is 5.32 Å². The van der Waals surface area contributed by atoms with Crippen molar-refractivity contribution in [2.45, 2.75) is 39.7 Å². The summed E-state index contributed by atoms with van der Waals surface area (Å²) in [6.45, 7) is 6.35. The van der Waals surface area contributed by atoms with Gasteiger partial charge in [0.1, 0.15) is 0 Å². The maximum atomic E-state index is 13.5. The molecule has 0 aliphatic carbocycles. The third-order valence-electron chi connectivity index (χ3n) is 6.23. The first-order chi connectivity index (χ1) is 15.7. The van der Waals surface area contributed by atoms with Crippen molar-refractivity contribution in [3.63, 3.8) is 0 Å². The number of benzene rings is 3. The van der Waals surface area contributed by atoms with Crippen molar-refractivity contribution in [3.05, 3.63) is 93.0 Å². The molecule has 170 valence electrons. The van der Waals surface area contributed by atoms with Crippen LogP contribution in [0.15, 0.2) is 54.6 Å². The van der Waals surface area contributed by atoms with Crippen LogP contribution in [-0.4, -0.2) is 23.5 Å². The molecule has 0 saturated carbocycles. The number of halogens is 1. The number of carbonyl (C=O) groups excluding carboxylic acids is 2. The number of aryl methyl sites for hydroxylation is 3. The summed E-state index contributed by atoms with van der Waals surface area (Å²) in [5.41, 5.74) is 6.08. The van der Waals surface area contributed by atoms with Crippen LogP contribution in [-0.2, 0) is 0 Å². The number of carbonyl (C=O) groups is 2. The van der Waals surface area contributed by atoms with Crippen molar-refractivity contribution in [3.8, 4) is 0 Å². The second-order valence-corrected chi connectivity index (χ2v) is 9.04. The van der Waals surface area contributed by atoms with Crippen LogP contribution >= 0.6 is 11.6 Å². The first-order valence-electron chi connectivity index (χ1n) is 11.0. The Hall–Kier alpha value is -3.15. The Kier molecular flexibility index (Phi) is 6.54. The largest absolute Gasteiger partial charge is 0.388 e. The van der Waals surface area contributed by atoms with Gasteiger partial charge in [-0.15, -0.1) is 0 Å². The zero-order valence-corrected chi connectivity index (χ0v) is 19.7. The van der Waals surface area contributed by atoms with Gasteiger partial charge in [0.2, 0.25) is 0 Å². The van der Waals surface area contributed by atoms with Gasteiger partial charge in [-0.3, -0.25) is 9.59 Å². The molecule has 2 N–H and O–H groups in total. The van der Waals surface area contributed by atoms with Crippen LogP contribution in [0.3, 0.4) is 0 Å². The summed E-state index contributed by atoms with van der Waals surface area (Å²) in [6, 6.07) is 16.1. The van der Waals surface area contributed by atoms with Gasteiger partial charge in [0.25, 0.3) is 11.8 Å². The minimum Gasteiger partial charge on any atom is -0.388 e. The van der Waals surface area contributed by atoms with Gasteiger partial charge in [-0.2, -0.15) is 0 Å². The van der Waals surface area contributed by atoms with E-state index < -0.39 is 6.10 Å². The first kappa shape index (κ1) is 23.0. The molecule has 0 spiro atoms. The predicted octanol–water partition coefficient (Wildman–Crippen LogP) is 5.99. The second-order valence-electron chi connectivity index (χ2n) is 8.60. The summed E-state index contributed by atoms with van der Waals surface area (Å²) in [5.74, 6) is -0.332. The lowest BCUT2D eigenvalue weighted by atomic mass is 10.0. The molecule has 1 atom stereocenters. The van der Waals surface area contributed by atoms with Crippen molar-refractivity contribution in [1.29, 1.82) is 0 Å². The molecular formula is C27H27ClN2O3. The normalized spacial score (nSPS) is 15.5. The first-order valence-corrected chi connectivity index (χ1v) is 11.4. The number of hydrogen-bond donors (Lipinski definition) is 2. The van der Waals surface area contributed by atoms with Crippen LogP contribution in [0, 0.1) is 20.8 Å². The van der Waals surface area contributed by atoms with Crippen LogP contribution in [0.1, 0.15) is 61.9 Å². The van der Waals surface area contributed by atoms with Crippen LogP contribution in [0.2, 0.25) is 5.02 Å². The molecular weight excluding hydrogens is 436 g/mol. The average Bonchev–Trinajstić information content (AvgIpc) is 2.94. The van der Waals surface area contributed by atoms with E-state index >= 15 is 0 Å². The minimum atomic E-state index is -0.652. The lowest BCUT2D eigenvalue weighted by Gasteiger charge is -2.24. The van der Waals surface area contributed by atoms with Crippen molar-refractivity contribution in [1.82, 2.24) is 0 Å². The highest BCUT2D eigenvalue weighted by Gasteiger charge is 2.27. The lowest BCUT2D eigenvalue weighted by Crippen LogP contribution is -2.32. The Bertz CT molecular complexity index is 1240. The van der Waals surface area contributed by atoms with E-state index in [9.17, 15) is 14.7 Å². The van der Waals surface area contributed by atoms with Crippen LogP contribution < -0.4 is 10.2 Å². The van der Waals surface area contributed by atoms with Gasteiger partial charge >= 0.3 is 0 Å². The average molecular weight is 463 g/mol. The molecule has 0 aromatic heterocycles. The third-order valence-corrected chi connectivity index (χ3v) is 6.46. The van der Waals surface area contributed by atoms with Crippen molar-refractivity contribution in [2.75, 3.05) is 16.8 Å². The smallest absolute Gasteiger partial charge is 0.258 e. The molecule has 1 unspecified atom stereocenters. The highest BCUT2D eigenvalue weighted by molar-refractivity contribution is 6.30. The van der Waals surface area contributed by atoms with E-state index in [1.54, 1.807) is 41.3 Å². The van der Waals surface area contributed by atoms with Gasteiger partial charge in [0.15, 0.2) is 0 Å². The molecule has 1 aliphatic rings. The second kappa shape index (κ2) is 9.38. The van der Waals surface area contributed by atoms with Crippen molar-refractivity contribution >= 4 is 34.8 Å². The van der Waals surface area contributed by atoms with Gasteiger partial charge in [-0.05, 0) is 98.8 Å². The molecule has 0 saturated heterocycles. The summed E-state index contributed by atoms with van der Waals surface area (Å²) in [7, 11) is 0. The van der Waals surface area contributed by atoms with E-state index in [4.69, 9.17) is 11.6 Å². The maximum Gasteiger partial charge on any atom is 0.258 e. The van der Waals surface area contributed by atoms with Crippen molar-refractivity contribution < 1.29 is 14.7 Å². The van der Waals surface area contributed by atoms with E-state index in [-0.39, 0.29) is 11.8 Å². The molecule has 1 heterocycles. The van der Waals surface area contributed by atoms with Gasteiger partial charge < -0.3 is 15.3 Å². The molecule has 0 fully saturated rings. The van der Waals surface area contributed by atoms with Gasteiger partial charge in [-0.25, -0.2) is 0 Å². The number of amides is 2. The Morgan fingerprint density at radius 1 is 0.970 bits per heavy atom. The highest BCUT2D eigenvalue weighted by atomic mass is 35.5. The molecule has 5 nitrogen and oxygen atoms in total. The summed E-state index contributed by atoms with van der Waals surface area (Å²) < 4.78 is 0. The zero-order valence-electron chi connectivity index (χ0n) is 19.0. The number of aliphatic hydroxyl groups is 1. The van der Waals surface area contributed by atoms with Gasteiger partial charge in [-0.1, -0.05) is 17.7 Å². The quantitative estimate of drug-likeness (QED) is 0.502. The van der Waals surface area contributed by atoms with Crippen LogP contribution in [0.25, 0.3) is 0 Å². The standard InChI is InChI=1S/C27H27ClN2O3/c1-16-6-7-19(13-17(16)2)26(32)29-21-9-10-22(18(3)14-21)27(33)30-12-4-5-25(31)23-15-20(28)8-11-24(23)30/h6-11,13-15,25,31H,4-5,12H2,1-3H3,(H,29,32). The number of rotatable bonds is 3. The molecule has 3 aromatic carbocycles. The fourth-order valence-corrected chi connectivity index (χ4v) is 4.36. The lowest BCUT2D eigenvalue weighted by molar-refractivity contribution is 0.0985. The zero-order chi connectivity index (χ0) is 23.7. The number of aliphatic hydroxyl groups excluding tert-OH is 1. The number of nitrogens with one attached hydrogen (secondary N) is 1.